The van der Waals surface area contributed by atoms with Crippen molar-refractivity contribution < 1.29 is 18.0 Å². The fourth-order valence-corrected chi connectivity index (χ4v) is 5.81. The van der Waals surface area contributed by atoms with Crippen molar-refractivity contribution in [2.24, 2.45) is 0 Å². The van der Waals surface area contributed by atoms with Gasteiger partial charge in [0.15, 0.2) is 0 Å². The van der Waals surface area contributed by atoms with E-state index in [1.165, 1.54) is 10.6 Å². The maximum absolute atomic E-state index is 13.5. The summed E-state index contributed by atoms with van der Waals surface area (Å²) in [5, 5.41) is 3.15. The highest BCUT2D eigenvalue weighted by Crippen LogP contribution is 2.22. The Labute approximate surface area is 215 Å². The van der Waals surface area contributed by atoms with Crippen LogP contribution in [0, 0.1) is 6.92 Å². The van der Waals surface area contributed by atoms with Gasteiger partial charge in [0.2, 0.25) is 21.8 Å². The monoisotopic (exact) mass is 513 g/mol. The van der Waals surface area contributed by atoms with Crippen LogP contribution < -0.4 is 9.62 Å². The van der Waals surface area contributed by atoms with Crippen LogP contribution >= 0.6 is 0 Å². The highest BCUT2D eigenvalue weighted by molar-refractivity contribution is 7.92. The lowest BCUT2D eigenvalue weighted by molar-refractivity contribution is -0.141. The van der Waals surface area contributed by atoms with E-state index in [4.69, 9.17) is 0 Å². The molecule has 0 radical (unpaired) electrons. The van der Waals surface area contributed by atoms with E-state index >= 15 is 0 Å². The fourth-order valence-electron chi connectivity index (χ4n) is 4.85. The highest BCUT2D eigenvalue weighted by atomic mass is 32.2. The Balaban J connectivity index is 1.73. The first-order valence-electron chi connectivity index (χ1n) is 12.9. The first-order chi connectivity index (χ1) is 17.2. The molecule has 0 aliphatic heterocycles. The van der Waals surface area contributed by atoms with E-state index in [1.54, 1.807) is 11.0 Å². The predicted molar refractivity (Wildman–Crippen MR) is 144 cm³/mol. The second-order valence-electron chi connectivity index (χ2n) is 9.70. The molecule has 0 bridgehead atoms. The molecule has 0 saturated heterocycles. The number of hydrogen-bond donors (Lipinski definition) is 1. The van der Waals surface area contributed by atoms with Gasteiger partial charge in [-0.2, -0.15) is 0 Å². The molecule has 36 heavy (non-hydrogen) atoms. The fraction of sp³-hybridized carbons (Fsp3) is 0.500. The van der Waals surface area contributed by atoms with E-state index in [2.05, 4.69) is 5.32 Å². The van der Waals surface area contributed by atoms with Crippen LogP contribution in [0.15, 0.2) is 54.6 Å². The lowest BCUT2D eigenvalue weighted by Crippen LogP contribution is -2.51. The van der Waals surface area contributed by atoms with Crippen molar-refractivity contribution in [1.82, 2.24) is 10.2 Å². The maximum atomic E-state index is 13.5. The molecular weight excluding hydrogens is 474 g/mol. The Hall–Kier alpha value is -2.87. The number of nitrogens with one attached hydrogen (secondary N) is 1. The van der Waals surface area contributed by atoms with E-state index in [-0.39, 0.29) is 30.8 Å². The molecular formula is C28H39N3O4S. The number of rotatable bonds is 12. The first-order valence-corrected chi connectivity index (χ1v) is 14.7. The minimum Gasteiger partial charge on any atom is -0.352 e. The average Bonchev–Trinajstić information content (AvgIpc) is 3.34. The summed E-state index contributed by atoms with van der Waals surface area (Å²) in [6.45, 7) is 4.37. The van der Waals surface area contributed by atoms with Crippen molar-refractivity contribution >= 4 is 27.5 Å². The van der Waals surface area contributed by atoms with Gasteiger partial charge >= 0.3 is 0 Å². The summed E-state index contributed by atoms with van der Waals surface area (Å²) in [4.78, 5) is 28.4. The predicted octanol–water partition coefficient (Wildman–Crippen LogP) is 4.41. The third-order valence-corrected chi connectivity index (χ3v) is 7.92. The van der Waals surface area contributed by atoms with Crippen molar-refractivity contribution in [1.29, 1.82) is 0 Å². The Morgan fingerprint density at radius 2 is 1.75 bits per heavy atom. The van der Waals surface area contributed by atoms with Crippen LogP contribution in [0.1, 0.15) is 63.0 Å². The van der Waals surface area contributed by atoms with Gasteiger partial charge < -0.3 is 10.2 Å². The molecule has 1 saturated carbocycles. The van der Waals surface area contributed by atoms with Crippen molar-refractivity contribution in [3.05, 3.63) is 65.7 Å². The number of aryl methyl sites for hydroxylation is 1. The Morgan fingerprint density at radius 1 is 1.06 bits per heavy atom. The molecule has 7 nitrogen and oxygen atoms in total. The second-order valence-corrected chi connectivity index (χ2v) is 11.6. The Morgan fingerprint density at radius 3 is 2.36 bits per heavy atom. The summed E-state index contributed by atoms with van der Waals surface area (Å²) in [6, 6.07) is 16.6. The standard InChI is InChI=1S/C28H39N3O4S/c1-4-26(28(33)29-24-15-8-9-16-24)30(21-23-13-6-5-7-14-23)27(32)18-11-19-31(36(3,34)35)25-17-10-12-22(2)20-25/h5-7,10,12-14,17,20,24,26H,4,8-9,11,15-16,18-19,21H2,1-3H3,(H,29,33)/t26-/m1/s1. The van der Waals surface area contributed by atoms with Gasteiger partial charge in [-0.15, -0.1) is 0 Å². The molecule has 8 heteroatoms. The minimum absolute atomic E-state index is 0.105. The van der Waals surface area contributed by atoms with Crippen LogP contribution in [0.25, 0.3) is 0 Å². The molecule has 0 aromatic heterocycles. The number of sulfonamides is 1. The zero-order valence-electron chi connectivity index (χ0n) is 21.7. The first kappa shape index (κ1) is 27.7. The summed E-state index contributed by atoms with van der Waals surface area (Å²) in [7, 11) is -3.51. The molecule has 2 amide bonds. The van der Waals surface area contributed by atoms with E-state index in [0.717, 1.165) is 36.8 Å². The normalized spacial score (nSPS) is 14.9. The largest absolute Gasteiger partial charge is 0.352 e. The number of carbonyl (C=O) groups excluding carboxylic acids is 2. The van der Waals surface area contributed by atoms with Gasteiger partial charge in [0, 0.05) is 25.6 Å². The van der Waals surface area contributed by atoms with Gasteiger partial charge in [-0.1, -0.05) is 62.2 Å². The zero-order chi connectivity index (χ0) is 26.1. The van der Waals surface area contributed by atoms with E-state index in [0.29, 0.717) is 25.1 Å². The van der Waals surface area contributed by atoms with Gasteiger partial charge in [0.05, 0.1) is 11.9 Å². The molecule has 2 aromatic carbocycles. The van der Waals surface area contributed by atoms with Gasteiger partial charge in [-0.25, -0.2) is 8.42 Å². The van der Waals surface area contributed by atoms with E-state index in [9.17, 15) is 18.0 Å². The van der Waals surface area contributed by atoms with Crippen LogP contribution in [0.3, 0.4) is 0 Å². The molecule has 0 unspecified atom stereocenters. The number of anilines is 1. The molecule has 0 heterocycles. The minimum atomic E-state index is -3.51. The number of benzene rings is 2. The molecule has 1 aliphatic carbocycles. The van der Waals surface area contributed by atoms with E-state index < -0.39 is 16.1 Å². The van der Waals surface area contributed by atoms with E-state index in [1.807, 2.05) is 62.4 Å². The van der Waals surface area contributed by atoms with Gasteiger partial charge in [0.1, 0.15) is 6.04 Å². The lowest BCUT2D eigenvalue weighted by Gasteiger charge is -2.32. The molecule has 0 spiro atoms. The Bertz CT molecular complexity index is 1110. The van der Waals surface area contributed by atoms with Crippen LogP contribution in [-0.4, -0.2) is 50.0 Å². The zero-order valence-corrected chi connectivity index (χ0v) is 22.5. The molecule has 1 aliphatic rings. The van der Waals surface area contributed by atoms with Crippen molar-refractivity contribution in [3.8, 4) is 0 Å². The topological polar surface area (TPSA) is 86.8 Å². The third-order valence-electron chi connectivity index (χ3n) is 6.73. The summed E-state index contributed by atoms with van der Waals surface area (Å²) in [6.07, 6.45) is 6.39. The van der Waals surface area contributed by atoms with Crippen molar-refractivity contribution in [2.75, 3.05) is 17.1 Å². The highest BCUT2D eigenvalue weighted by Gasteiger charge is 2.30. The maximum Gasteiger partial charge on any atom is 0.243 e. The van der Waals surface area contributed by atoms with Crippen molar-refractivity contribution in [3.63, 3.8) is 0 Å². The quantitative estimate of drug-likeness (QED) is 0.456. The number of nitrogens with zero attached hydrogens (tertiary/aromatic N) is 2. The average molecular weight is 514 g/mol. The number of amides is 2. The van der Waals surface area contributed by atoms with Gasteiger partial charge in [0.25, 0.3) is 0 Å². The van der Waals surface area contributed by atoms with Crippen LogP contribution in [0.2, 0.25) is 0 Å². The number of hydrogen-bond acceptors (Lipinski definition) is 4. The van der Waals surface area contributed by atoms with Gasteiger partial charge in [-0.3, -0.25) is 13.9 Å². The smallest absolute Gasteiger partial charge is 0.243 e. The molecule has 1 fully saturated rings. The lowest BCUT2D eigenvalue weighted by atomic mass is 10.1. The SMILES string of the molecule is CC[C@H](C(=O)NC1CCCC1)N(Cc1ccccc1)C(=O)CCCN(c1cccc(C)c1)S(C)(=O)=O. The molecule has 1 N–H and O–H groups in total. The number of carbonyl (C=O) groups is 2. The summed E-state index contributed by atoms with van der Waals surface area (Å²) >= 11 is 0. The van der Waals surface area contributed by atoms with Crippen molar-refractivity contribution in [2.45, 2.75) is 77.4 Å². The summed E-state index contributed by atoms with van der Waals surface area (Å²) in [5.41, 5.74) is 2.51. The molecule has 3 rings (SSSR count). The van der Waals surface area contributed by atoms with Crippen LogP contribution in [0.5, 0.6) is 0 Å². The van der Waals surface area contributed by atoms with Crippen LogP contribution in [-0.2, 0) is 26.2 Å². The van der Waals surface area contributed by atoms with Gasteiger partial charge in [-0.05, 0) is 55.9 Å². The summed E-state index contributed by atoms with van der Waals surface area (Å²) in [5.74, 6) is -0.254. The third kappa shape index (κ3) is 7.82. The molecule has 196 valence electrons. The second kappa shape index (κ2) is 12.9. The summed E-state index contributed by atoms with van der Waals surface area (Å²) < 4.78 is 26.3. The Kier molecular flexibility index (Phi) is 9.93. The molecule has 2 aromatic rings. The van der Waals surface area contributed by atoms with Crippen LogP contribution in [0.4, 0.5) is 5.69 Å². The molecule has 1 atom stereocenters.